The molecule has 0 fully saturated rings. The molecule has 76 valence electrons. The third-order valence-electron chi connectivity index (χ3n) is 2.02. The van der Waals surface area contributed by atoms with E-state index in [1.54, 1.807) is 21.8 Å². The highest BCUT2D eigenvalue weighted by Gasteiger charge is 2.15. The second kappa shape index (κ2) is 4.84. The summed E-state index contributed by atoms with van der Waals surface area (Å²) in [5.74, 6) is 0.980. The molecule has 1 aliphatic rings. The van der Waals surface area contributed by atoms with Gasteiger partial charge in [-0.15, -0.1) is 0 Å². The Morgan fingerprint density at radius 1 is 1.43 bits per heavy atom. The van der Waals surface area contributed by atoms with Crippen molar-refractivity contribution in [2.75, 3.05) is 11.3 Å². The average Bonchev–Trinajstić information content (AvgIpc) is 2.67. The molecule has 0 bridgehead atoms. The van der Waals surface area contributed by atoms with E-state index in [2.05, 4.69) is 17.7 Å². The molecule has 0 aromatic heterocycles. The predicted molar refractivity (Wildman–Crippen MR) is 63.9 cm³/mol. The number of hydrogen-bond donors (Lipinski definition) is 1. The van der Waals surface area contributed by atoms with Crippen LogP contribution in [0.1, 0.15) is 19.8 Å². The third-order valence-corrected chi connectivity index (χ3v) is 3.95. The second-order valence-electron chi connectivity index (χ2n) is 3.10. The van der Waals surface area contributed by atoms with Gasteiger partial charge in [0.1, 0.15) is 11.4 Å². The zero-order chi connectivity index (χ0) is 9.80. The van der Waals surface area contributed by atoms with Crippen molar-refractivity contribution >= 4 is 27.5 Å². The van der Waals surface area contributed by atoms with Crippen molar-refractivity contribution in [3.63, 3.8) is 0 Å². The van der Waals surface area contributed by atoms with E-state index in [-0.39, 0.29) is 0 Å². The second-order valence-corrected chi connectivity index (χ2v) is 5.08. The molecule has 0 amide bonds. The number of fused-ring (bicyclic) bond motifs is 1. The summed E-state index contributed by atoms with van der Waals surface area (Å²) < 4.78 is 8.95. The summed E-state index contributed by atoms with van der Waals surface area (Å²) in [6, 6.07) is 6.17. The Labute approximate surface area is 92.3 Å². The summed E-state index contributed by atoms with van der Waals surface area (Å²) in [4.78, 5) is 1.27. The Balaban J connectivity index is 2.06. The average molecular weight is 227 g/mol. The number of rotatable bonds is 4. The first-order valence-corrected chi connectivity index (χ1v) is 6.92. The minimum Gasteiger partial charge on any atom is -0.491 e. The Morgan fingerprint density at radius 2 is 2.36 bits per heavy atom. The van der Waals surface area contributed by atoms with Gasteiger partial charge in [-0.1, -0.05) is 19.4 Å². The fourth-order valence-electron chi connectivity index (χ4n) is 1.24. The summed E-state index contributed by atoms with van der Waals surface area (Å²) in [6.07, 6.45) is 2.29. The monoisotopic (exact) mass is 227 g/mol. The molecule has 2 nitrogen and oxygen atoms in total. The van der Waals surface area contributed by atoms with Crippen molar-refractivity contribution in [1.29, 1.82) is 0 Å². The molecule has 1 heterocycles. The molecule has 0 saturated carbocycles. The van der Waals surface area contributed by atoms with Crippen LogP contribution in [0.5, 0.6) is 5.75 Å². The highest BCUT2D eigenvalue weighted by Crippen LogP contribution is 2.48. The van der Waals surface area contributed by atoms with E-state index in [1.807, 2.05) is 12.1 Å². The van der Waals surface area contributed by atoms with Crippen LogP contribution in [-0.2, 0) is 0 Å². The van der Waals surface area contributed by atoms with Crippen LogP contribution < -0.4 is 9.46 Å². The molecule has 1 aromatic carbocycles. The van der Waals surface area contributed by atoms with Crippen LogP contribution in [0.2, 0.25) is 0 Å². The topological polar surface area (TPSA) is 21.3 Å². The fraction of sp³-hybridized carbons (Fsp3) is 0.400. The molecule has 0 spiro atoms. The van der Waals surface area contributed by atoms with Crippen molar-refractivity contribution in [2.45, 2.75) is 24.7 Å². The Morgan fingerprint density at radius 3 is 3.21 bits per heavy atom. The van der Waals surface area contributed by atoms with Crippen LogP contribution in [0.15, 0.2) is 23.1 Å². The Hall–Kier alpha value is -0.480. The van der Waals surface area contributed by atoms with Crippen molar-refractivity contribution in [2.24, 2.45) is 0 Å². The van der Waals surface area contributed by atoms with Gasteiger partial charge in [-0.2, -0.15) is 0 Å². The maximum absolute atomic E-state index is 5.70. The maximum Gasteiger partial charge on any atom is 0.144 e. The number of unbranched alkanes of at least 4 members (excludes halogenated alkanes) is 1. The van der Waals surface area contributed by atoms with Crippen LogP contribution >= 0.6 is 21.8 Å². The summed E-state index contributed by atoms with van der Waals surface area (Å²) in [7, 11) is 3.39. The van der Waals surface area contributed by atoms with Gasteiger partial charge in [0.2, 0.25) is 0 Å². The molecule has 0 saturated heterocycles. The van der Waals surface area contributed by atoms with E-state index in [9.17, 15) is 0 Å². The van der Waals surface area contributed by atoms with Crippen LogP contribution in [0.3, 0.4) is 0 Å². The molecule has 0 radical (unpaired) electrons. The molecular formula is C10H13NOS2. The van der Waals surface area contributed by atoms with Crippen LogP contribution in [0.25, 0.3) is 0 Å². The number of ether oxygens (including phenoxy) is 1. The lowest BCUT2D eigenvalue weighted by Gasteiger charge is -2.08. The highest BCUT2D eigenvalue weighted by atomic mass is 33.1. The quantitative estimate of drug-likeness (QED) is 0.477. The van der Waals surface area contributed by atoms with Gasteiger partial charge in [-0.3, -0.25) is 0 Å². The highest BCUT2D eigenvalue weighted by molar-refractivity contribution is 8.77. The molecule has 0 aliphatic carbocycles. The Bertz CT molecular complexity index is 317. The lowest BCUT2D eigenvalue weighted by molar-refractivity contribution is 0.310. The standard InChI is InChI=1S/C10H13NOS2/c1-2-3-7-12-8-5-4-6-9-10(8)11-14-13-9/h4-6,11H,2-3,7H2,1H3. The van der Waals surface area contributed by atoms with Gasteiger partial charge in [0.05, 0.1) is 6.61 Å². The number of hydrogen-bond acceptors (Lipinski definition) is 4. The van der Waals surface area contributed by atoms with E-state index >= 15 is 0 Å². The molecule has 1 N–H and O–H groups in total. The van der Waals surface area contributed by atoms with Crippen LogP contribution in [0.4, 0.5) is 5.69 Å². The first kappa shape index (κ1) is 10.1. The van der Waals surface area contributed by atoms with Crippen molar-refractivity contribution in [3.8, 4) is 5.75 Å². The zero-order valence-corrected chi connectivity index (χ0v) is 9.71. The van der Waals surface area contributed by atoms with Gasteiger partial charge in [0.25, 0.3) is 0 Å². The maximum atomic E-state index is 5.70. The lowest BCUT2D eigenvalue weighted by Crippen LogP contribution is -1.98. The molecular weight excluding hydrogens is 214 g/mol. The van der Waals surface area contributed by atoms with Gasteiger partial charge < -0.3 is 9.46 Å². The predicted octanol–water partition coefficient (Wildman–Crippen LogP) is 3.95. The molecule has 0 atom stereocenters. The van der Waals surface area contributed by atoms with Gasteiger partial charge in [-0.25, -0.2) is 0 Å². The minimum absolute atomic E-state index is 0.809. The molecule has 1 aromatic rings. The van der Waals surface area contributed by atoms with E-state index in [0.717, 1.165) is 24.5 Å². The molecule has 14 heavy (non-hydrogen) atoms. The van der Waals surface area contributed by atoms with Crippen molar-refractivity contribution in [1.82, 2.24) is 0 Å². The smallest absolute Gasteiger partial charge is 0.144 e. The summed E-state index contributed by atoms with van der Waals surface area (Å²) >= 11 is 0. The minimum atomic E-state index is 0.809. The number of para-hydroxylation sites is 1. The first-order valence-electron chi connectivity index (χ1n) is 4.77. The van der Waals surface area contributed by atoms with E-state index in [0.29, 0.717) is 0 Å². The van der Waals surface area contributed by atoms with E-state index in [1.165, 1.54) is 11.3 Å². The number of anilines is 1. The molecule has 2 rings (SSSR count). The van der Waals surface area contributed by atoms with Crippen molar-refractivity contribution in [3.05, 3.63) is 18.2 Å². The summed E-state index contributed by atoms with van der Waals surface area (Å²) in [5, 5.41) is 0. The van der Waals surface area contributed by atoms with Gasteiger partial charge in [-0.05, 0) is 29.3 Å². The largest absolute Gasteiger partial charge is 0.491 e. The van der Waals surface area contributed by atoms with Gasteiger partial charge in [0.15, 0.2) is 0 Å². The van der Waals surface area contributed by atoms with E-state index in [4.69, 9.17) is 4.74 Å². The van der Waals surface area contributed by atoms with Crippen LogP contribution in [-0.4, -0.2) is 6.61 Å². The van der Waals surface area contributed by atoms with E-state index < -0.39 is 0 Å². The van der Waals surface area contributed by atoms with Gasteiger partial charge >= 0.3 is 0 Å². The zero-order valence-electron chi connectivity index (χ0n) is 8.08. The van der Waals surface area contributed by atoms with Crippen LogP contribution in [0, 0.1) is 0 Å². The van der Waals surface area contributed by atoms with Crippen molar-refractivity contribution < 1.29 is 4.74 Å². The molecule has 4 heteroatoms. The molecule has 1 aliphatic heterocycles. The Kier molecular flexibility index (Phi) is 3.48. The molecule has 0 unspecified atom stereocenters. The number of nitrogens with one attached hydrogen (secondary N) is 1. The SMILES string of the molecule is CCCCOc1cccc2c1NSS2. The number of benzene rings is 1. The first-order chi connectivity index (χ1) is 6.92. The lowest BCUT2D eigenvalue weighted by atomic mass is 10.3. The normalized spacial score (nSPS) is 13.5. The summed E-state index contributed by atoms with van der Waals surface area (Å²) in [6.45, 7) is 2.98. The summed E-state index contributed by atoms with van der Waals surface area (Å²) in [5.41, 5.74) is 1.14. The fourth-order valence-corrected chi connectivity index (χ4v) is 3.16. The van der Waals surface area contributed by atoms with Gasteiger partial charge in [0, 0.05) is 15.9 Å². The third kappa shape index (κ3) is 2.12.